The maximum Gasteiger partial charge on any atom is 0.305 e. The summed E-state index contributed by atoms with van der Waals surface area (Å²) in [5.41, 5.74) is -0.906. The van der Waals surface area contributed by atoms with Crippen molar-refractivity contribution in [3.05, 3.63) is 17.9 Å². The molecule has 0 saturated carbocycles. The van der Waals surface area contributed by atoms with Crippen molar-refractivity contribution in [2.24, 2.45) is 0 Å². The highest BCUT2D eigenvalue weighted by molar-refractivity contribution is 7.88. The molecule has 0 spiro atoms. The van der Waals surface area contributed by atoms with E-state index in [2.05, 4.69) is 5.32 Å². The molecule has 0 fully saturated rings. The molecule has 1 aromatic rings. The Kier molecular flexibility index (Phi) is 5.95. The van der Waals surface area contributed by atoms with Gasteiger partial charge in [-0.25, -0.2) is 12.7 Å². The monoisotopic (exact) mass is 346 g/mol. The van der Waals surface area contributed by atoms with E-state index < -0.39 is 27.4 Å². The molecule has 0 radical (unpaired) electrons. The molecule has 8 nitrogen and oxygen atoms in total. The molecule has 0 bridgehead atoms. The Hall–Kier alpha value is -1.87. The molecule has 1 rings (SSSR count). The van der Waals surface area contributed by atoms with Crippen LogP contribution in [0.25, 0.3) is 0 Å². The predicted octanol–water partition coefficient (Wildman–Crippen LogP) is 1.29. The van der Waals surface area contributed by atoms with Gasteiger partial charge in [-0.1, -0.05) is 13.8 Å². The maximum atomic E-state index is 12.3. The van der Waals surface area contributed by atoms with Gasteiger partial charge in [-0.3, -0.25) is 9.59 Å². The minimum Gasteiger partial charge on any atom is -0.481 e. The van der Waals surface area contributed by atoms with Gasteiger partial charge in [-0.05, 0) is 25.0 Å². The van der Waals surface area contributed by atoms with Crippen LogP contribution in [0.2, 0.25) is 0 Å². The van der Waals surface area contributed by atoms with Crippen LogP contribution in [0.15, 0.2) is 21.6 Å². The fraction of sp³-hybridized carbons (Fsp3) is 0.571. The molecule has 1 aromatic heterocycles. The summed E-state index contributed by atoms with van der Waals surface area (Å²) in [6.45, 7) is 3.55. The fourth-order valence-electron chi connectivity index (χ4n) is 2.07. The Bertz CT molecular complexity index is 673. The van der Waals surface area contributed by atoms with E-state index in [0.717, 1.165) is 4.31 Å². The van der Waals surface area contributed by atoms with E-state index in [-0.39, 0.29) is 17.3 Å². The topological polar surface area (TPSA) is 117 Å². The van der Waals surface area contributed by atoms with E-state index >= 15 is 0 Å². The minimum absolute atomic E-state index is 0.179. The number of carboxylic acids is 1. The number of sulfonamides is 1. The van der Waals surface area contributed by atoms with Gasteiger partial charge in [-0.15, -0.1) is 0 Å². The normalized spacial score (nSPS) is 12.4. The lowest BCUT2D eigenvalue weighted by atomic mass is 9.89. The van der Waals surface area contributed by atoms with Crippen molar-refractivity contribution in [1.82, 2.24) is 9.62 Å². The van der Waals surface area contributed by atoms with Crippen molar-refractivity contribution < 1.29 is 27.5 Å². The van der Waals surface area contributed by atoms with Gasteiger partial charge in [0.1, 0.15) is 0 Å². The summed E-state index contributed by atoms with van der Waals surface area (Å²) >= 11 is 0. The highest BCUT2D eigenvalue weighted by Gasteiger charge is 2.32. The Morgan fingerprint density at radius 2 is 1.83 bits per heavy atom. The molecule has 2 N–H and O–H groups in total. The molecule has 23 heavy (non-hydrogen) atoms. The Morgan fingerprint density at radius 3 is 2.26 bits per heavy atom. The molecule has 0 aromatic carbocycles. The van der Waals surface area contributed by atoms with Gasteiger partial charge in [0, 0.05) is 14.1 Å². The summed E-state index contributed by atoms with van der Waals surface area (Å²) in [4.78, 5) is 23.3. The zero-order valence-corrected chi connectivity index (χ0v) is 14.4. The quantitative estimate of drug-likeness (QED) is 0.732. The second kappa shape index (κ2) is 7.14. The van der Waals surface area contributed by atoms with Crippen molar-refractivity contribution in [2.75, 3.05) is 14.1 Å². The number of nitrogens with one attached hydrogen (secondary N) is 1. The van der Waals surface area contributed by atoms with Crippen LogP contribution in [0.1, 0.15) is 43.7 Å². The molecule has 0 saturated heterocycles. The first-order valence-corrected chi connectivity index (χ1v) is 8.58. The van der Waals surface area contributed by atoms with E-state index in [1.165, 1.54) is 26.2 Å². The van der Waals surface area contributed by atoms with Crippen molar-refractivity contribution in [3.8, 4) is 0 Å². The number of furan rings is 1. The molecule has 9 heteroatoms. The average molecular weight is 346 g/mol. The van der Waals surface area contributed by atoms with Crippen LogP contribution in [0.4, 0.5) is 0 Å². The lowest BCUT2D eigenvalue weighted by molar-refractivity contribution is -0.138. The van der Waals surface area contributed by atoms with Gasteiger partial charge in [0.15, 0.2) is 5.76 Å². The van der Waals surface area contributed by atoms with Gasteiger partial charge in [0.2, 0.25) is 5.09 Å². The first-order valence-electron chi connectivity index (χ1n) is 7.14. The van der Waals surface area contributed by atoms with E-state index in [9.17, 15) is 18.0 Å². The number of nitrogens with zero attached hydrogens (tertiary/aromatic N) is 1. The van der Waals surface area contributed by atoms with Gasteiger partial charge in [-0.2, -0.15) is 0 Å². The van der Waals surface area contributed by atoms with Crippen LogP contribution < -0.4 is 5.32 Å². The second-order valence-electron chi connectivity index (χ2n) is 5.42. The molecular weight excluding hydrogens is 324 g/mol. The molecule has 0 atom stereocenters. The summed E-state index contributed by atoms with van der Waals surface area (Å²) in [5.74, 6) is -1.85. The standard InChI is InChI=1S/C14H22N2O6S/c1-5-14(6-2,9-11(17)18)15-13(19)10-7-8-12(22-10)23(20,21)16(3)4/h7-8H,5-6,9H2,1-4H3,(H,15,19)(H,17,18). The number of rotatable bonds is 8. The third-order valence-electron chi connectivity index (χ3n) is 3.76. The smallest absolute Gasteiger partial charge is 0.305 e. The van der Waals surface area contributed by atoms with E-state index in [0.29, 0.717) is 12.8 Å². The lowest BCUT2D eigenvalue weighted by Gasteiger charge is -2.30. The average Bonchev–Trinajstić information content (AvgIpc) is 2.96. The summed E-state index contributed by atoms with van der Waals surface area (Å²) in [5, 5.41) is 11.3. The number of hydrogen-bond donors (Lipinski definition) is 2. The third kappa shape index (κ3) is 4.32. The van der Waals surface area contributed by atoms with Crippen molar-refractivity contribution in [1.29, 1.82) is 0 Å². The van der Waals surface area contributed by atoms with Crippen LogP contribution >= 0.6 is 0 Å². The van der Waals surface area contributed by atoms with Crippen molar-refractivity contribution in [3.63, 3.8) is 0 Å². The molecular formula is C14H22N2O6S. The summed E-state index contributed by atoms with van der Waals surface area (Å²) in [6, 6.07) is 2.45. The number of carbonyl (C=O) groups is 2. The van der Waals surface area contributed by atoms with Crippen molar-refractivity contribution >= 4 is 21.9 Å². The Labute approximate surface area is 135 Å². The van der Waals surface area contributed by atoms with E-state index in [1.807, 2.05) is 0 Å². The van der Waals surface area contributed by atoms with E-state index in [4.69, 9.17) is 9.52 Å². The zero-order valence-electron chi connectivity index (χ0n) is 13.6. The molecule has 1 amide bonds. The first kappa shape index (κ1) is 19.2. The largest absolute Gasteiger partial charge is 0.481 e. The van der Waals surface area contributed by atoms with Gasteiger partial charge in [0.05, 0.1) is 12.0 Å². The minimum atomic E-state index is -3.77. The SMILES string of the molecule is CCC(CC)(CC(=O)O)NC(=O)c1ccc(S(=O)(=O)N(C)C)o1. The number of carbonyl (C=O) groups excluding carboxylic acids is 1. The van der Waals surface area contributed by atoms with Crippen LogP contribution in [0, 0.1) is 0 Å². The molecule has 0 unspecified atom stereocenters. The fourth-order valence-corrected chi connectivity index (χ4v) is 2.87. The van der Waals surface area contributed by atoms with Gasteiger partial charge >= 0.3 is 5.97 Å². The molecule has 0 aliphatic rings. The number of carboxylic acid groups (broad SMARTS) is 1. The number of aliphatic carboxylic acids is 1. The van der Waals surface area contributed by atoms with Crippen LogP contribution in [-0.2, 0) is 14.8 Å². The molecule has 0 aliphatic carbocycles. The van der Waals surface area contributed by atoms with Crippen LogP contribution in [-0.4, -0.2) is 49.3 Å². The van der Waals surface area contributed by atoms with E-state index in [1.54, 1.807) is 13.8 Å². The Balaban J connectivity index is 3.03. The predicted molar refractivity (Wildman–Crippen MR) is 82.6 cm³/mol. The summed E-state index contributed by atoms with van der Waals surface area (Å²) in [7, 11) is -1.07. The van der Waals surface area contributed by atoms with Crippen LogP contribution in [0.3, 0.4) is 0 Å². The molecule has 0 aliphatic heterocycles. The van der Waals surface area contributed by atoms with Gasteiger partial charge < -0.3 is 14.8 Å². The van der Waals surface area contributed by atoms with Crippen LogP contribution in [0.5, 0.6) is 0 Å². The molecule has 1 heterocycles. The van der Waals surface area contributed by atoms with Gasteiger partial charge in [0.25, 0.3) is 15.9 Å². The number of amides is 1. The second-order valence-corrected chi connectivity index (χ2v) is 7.50. The third-order valence-corrected chi connectivity index (χ3v) is 5.45. The zero-order chi connectivity index (χ0) is 17.8. The van der Waals surface area contributed by atoms with Crippen molar-refractivity contribution in [2.45, 2.75) is 43.7 Å². The molecule has 130 valence electrons. The summed E-state index contributed by atoms with van der Waals surface area (Å²) in [6.07, 6.45) is 0.617. The lowest BCUT2D eigenvalue weighted by Crippen LogP contribution is -2.49. The highest BCUT2D eigenvalue weighted by atomic mass is 32.2. The number of hydrogen-bond acceptors (Lipinski definition) is 5. The highest BCUT2D eigenvalue weighted by Crippen LogP contribution is 2.22. The first-order chi connectivity index (χ1) is 10.6. The summed E-state index contributed by atoms with van der Waals surface area (Å²) < 4.78 is 30.0. The maximum absolute atomic E-state index is 12.3. The Morgan fingerprint density at radius 1 is 1.26 bits per heavy atom.